The van der Waals surface area contributed by atoms with Gasteiger partial charge in [0.25, 0.3) is 0 Å². The second kappa shape index (κ2) is 6.19. The molecule has 0 saturated heterocycles. The van der Waals surface area contributed by atoms with Crippen LogP contribution in [0.15, 0.2) is 5.38 Å². The highest BCUT2D eigenvalue weighted by Gasteiger charge is 2.22. The van der Waals surface area contributed by atoms with E-state index in [2.05, 4.69) is 10.3 Å². The minimum absolute atomic E-state index is 0.0619. The van der Waals surface area contributed by atoms with E-state index >= 15 is 0 Å². The predicted molar refractivity (Wildman–Crippen MR) is 75.6 cm³/mol. The topological polar surface area (TPSA) is 85.1 Å². The lowest BCUT2D eigenvalue weighted by molar-refractivity contribution is -0.123. The highest BCUT2D eigenvalue weighted by Crippen LogP contribution is 2.22. The van der Waals surface area contributed by atoms with Crippen molar-refractivity contribution in [3.8, 4) is 0 Å². The van der Waals surface area contributed by atoms with Crippen molar-refractivity contribution in [3.05, 3.63) is 11.1 Å². The van der Waals surface area contributed by atoms with Crippen molar-refractivity contribution in [2.24, 2.45) is 11.1 Å². The standard InChI is InChI=1S/C11H17N3O2S2/c1-11(2,3)9(16)14-10-13-7(5-18-10)4-17-6-8(12)15/h5H,4,6H2,1-3H3,(H2,12,15)(H,13,14,16). The Hall–Kier alpha value is -1.08. The fourth-order valence-corrected chi connectivity index (χ4v) is 2.44. The number of nitrogens with one attached hydrogen (secondary N) is 1. The fourth-order valence-electron chi connectivity index (χ4n) is 0.971. The lowest BCUT2D eigenvalue weighted by Crippen LogP contribution is -2.27. The molecule has 0 radical (unpaired) electrons. The lowest BCUT2D eigenvalue weighted by Gasteiger charge is -2.15. The van der Waals surface area contributed by atoms with Gasteiger partial charge in [-0.25, -0.2) is 4.98 Å². The van der Waals surface area contributed by atoms with Gasteiger partial charge in [0.15, 0.2) is 5.13 Å². The number of hydrogen-bond acceptors (Lipinski definition) is 5. The van der Waals surface area contributed by atoms with Gasteiger partial charge < -0.3 is 11.1 Å². The molecule has 18 heavy (non-hydrogen) atoms. The second-order valence-corrected chi connectivity index (χ2v) is 6.65. The molecule has 0 unspecified atom stereocenters. The average molecular weight is 287 g/mol. The number of anilines is 1. The normalized spacial score (nSPS) is 11.3. The fraction of sp³-hybridized carbons (Fsp3) is 0.545. The van der Waals surface area contributed by atoms with Gasteiger partial charge in [0.1, 0.15) is 0 Å². The third-order valence-electron chi connectivity index (χ3n) is 1.95. The Labute approximate surface area is 115 Å². The van der Waals surface area contributed by atoms with Crippen LogP contribution in [0.3, 0.4) is 0 Å². The molecule has 0 aliphatic carbocycles. The molecule has 1 aromatic heterocycles. The molecule has 3 N–H and O–H groups in total. The van der Waals surface area contributed by atoms with E-state index in [1.165, 1.54) is 23.1 Å². The molecular formula is C11H17N3O2S2. The van der Waals surface area contributed by atoms with Crippen LogP contribution in [-0.2, 0) is 15.3 Å². The average Bonchev–Trinajstić information content (AvgIpc) is 2.63. The monoisotopic (exact) mass is 287 g/mol. The van der Waals surface area contributed by atoms with E-state index in [1.54, 1.807) is 0 Å². The zero-order chi connectivity index (χ0) is 13.8. The molecule has 0 aromatic carbocycles. The first-order valence-electron chi connectivity index (χ1n) is 5.41. The van der Waals surface area contributed by atoms with Gasteiger partial charge in [-0.15, -0.1) is 23.1 Å². The van der Waals surface area contributed by atoms with Crippen molar-refractivity contribution in [2.45, 2.75) is 26.5 Å². The summed E-state index contributed by atoms with van der Waals surface area (Å²) in [4.78, 5) is 26.6. The summed E-state index contributed by atoms with van der Waals surface area (Å²) in [5.41, 5.74) is 5.45. The van der Waals surface area contributed by atoms with Crippen molar-refractivity contribution in [3.63, 3.8) is 0 Å². The van der Waals surface area contributed by atoms with Gasteiger partial charge in [0, 0.05) is 16.5 Å². The Bertz CT molecular complexity index is 438. The van der Waals surface area contributed by atoms with Crippen molar-refractivity contribution < 1.29 is 9.59 Å². The summed E-state index contributed by atoms with van der Waals surface area (Å²) in [7, 11) is 0. The van der Waals surface area contributed by atoms with Gasteiger partial charge in [-0.3, -0.25) is 9.59 Å². The van der Waals surface area contributed by atoms with Crippen molar-refractivity contribution in [1.29, 1.82) is 0 Å². The van der Waals surface area contributed by atoms with Gasteiger partial charge in [0.05, 0.1) is 11.4 Å². The Morgan fingerprint density at radius 1 is 1.50 bits per heavy atom. The van der Waals surface area contributed by atoms with Crippen molar-refractivity contribution in [1.82, 2.24) is 4.98 Å². The van der Waals surface area contributed by atoms with Gasteiger partial charge in [-0.1, -0.05) is 20.8 Å². The van der Waals surface area contributed by atoms with E-state index in [1.807, 2.05) is 26.2 Å². The van der Waals surface area contributed by atoms with Crippen LogP contribution < -0.4 is 11.1 Å². The lowest BCUT2D eigenvalue weighted by atomic mass is 9.96. The van der Waals surface area contributed by atoms with Gasteiger partial charge >= 0.3 is 0 Å². The molecule has 5 nitrogen and oxygen atoms in total. The molecule has 2 amide bonds. The molecule has 1 aromatic rings. The van der Waals surface area contributed by atoms with E-state index in [9.17, 15) is 9.59 Å². The highest BCUT2D eigenvalue weighted by atomic mass is 32.2. The predicted octanol–water partition coefficient (Wildman–Crippen LogP) is 1.85. The van der Waals surface area contributed by atoms with E-state index in [0.29, 0.717) is 10.9 Å². The first-order chi connectivity index (χ1) is 8.29. The minimum atomic E-state index is -0.438. The first kappa shape index (κ1) is 15.0. The Kier molecular flexibility index (Phi) is 5.15. The summed E-state index contributed by atoms with van der Waals surface area (Å²) in [6.45, 7) is 5.54. The second-order valence-electron chi connectivity index (χ2n) is 4.81. The summed E-state index contributed by atoms with van der Waals surface area (Å²) in [6, 6.07) is 0. The zero-order valence-corrected chi connectivity index (χ0v) is 12.3. The zero-order valence-electron chi connectivity index (χ0n) is 10.6. The molecule has 100 valence electrons. The molecule has 1 rings (SSSR count). The van der Waals surface area contributed by atoms with E-state index in [-0.39, 0.29) is 17.6 Å². The number of primary amides is 1. The smallest absolute Gasteiger partial charge is 0.231 e. The molecule has 0 saturated carbocycles. The maximum Gasteiger partial charge on any atom is 0.231 e. The van der Waals surface area contributed by atoms with Crippen molar-refractivity contribution in [2.75, 3.05) is 11.1 Å². The van der Waals surface area contributed by atoms with Crippen LogP contribution in [-0.4, -0.2) is 22.6 Å². The molecule has 7 heteroatoms. The minimum Gasteiger partial charge on any atom is -0.369 e. The number of aromatic nitrogens is 1. The van der Waals surface area contributed by atoms with Crippen LogP contribution in [0.1, 0.15) is 26.5 Å². The molecule has 0 aliphatic heterocycles. The van der Waals surface area contributed by atoms with E-state index in [4.69, 9.17) is 5.73 Å². The number of nitrogens with two attached hydrogens (primary N) is 1. The SMILES string of the molecule is CC(C)(C)C(=O)Nc1nc(CSCC(N)=O)cs1. The number of amides is 2. The number of nitrogens with zero attached hydrogens (tertiary/aromatic N) is 1. The Balaban J connectivity index is 2.48. The Morgan fingerprint density at radius 3 is 2.72 bits per heavy atom. The van der Waals surface area contributed by atoms with Gasteiger partial charge in [0.2, 0.25) is 11.8 Å². The van der Waals surface area contributed by atoms with Crippen LogP contribution >= 0.6 is 23.1 Å². The summed E-state index contributed by atoms with van der Waals surface area (Å²) in [5, 5.41) is 5.22. The quantitative estimate of drug-likeness (QED) is 0.865. The summed E-state index contributed by atoms with van der Waals surface area (Å²) in [5.74, 6) is 0.496. The van der Waals surface area contributed by atoms with Crippen LogP contribution in [0.2, 0.25) is 0 Å². The van der Waals surface area contributed by atoms with Gasteiger partial charge in [-0.2, -0.15) is 0 Å². The Morgan fingerprint density at radius 2 is 2.17 bits per heavy atom. The number of thioether (sulfide) groups is 1. The largest absolute Gasteiger partial charge is 0.369 e. The van der Waals surface area contributed by atoms with E-state index in [0.717, 1.165) is 5.69 Å². The maximum absolute atomic E-state index is 11.7. The summed E-state index contributed by atoms with van der Waals surface area (Å²) < 4.78 is 0. The van der Waals surface area contributed by atoms with Crippen LogP contribution in [0.25, 0.3) is 0 Å². The number of rotatable bonds is 5. The number of hydrogen-bond donors (Lipinski definition) is 2. The molecule has 0 aliphatic rings. The molecular weight excluding hydrogens is 270 g/mol. The molecule has 0 spiro atoms. The number of carbonyl (C=O) groups is 2. The molecule has 1 heterocycles. The number of thiazole rings is 1. The van der Waals surface area contributed by atoms with Gasteiger partial charge in [-0.05, 0) is 0 Å². The van der Waals surface area contributed by atoms with E-state index < -0.39 is 5.41 Å². The highest BCUT2D eigenvalue weighted by molar-refractivity contribution is 7.99. The maximum atomic E-state index is 11.7. The third kappa shape index (κ3) is 5.05. The molecule has 0 atom stereocenters. The molecule has 0 fully saturated rings. The number of carbonyl (C=O) groups excluding carboxylic acids is 2. The van der Waals surface area contributed by atoms with Crippen LogP contribution in [0.4, 0.5) is 5.13 Å². The summed E-state index contributed by atoms with van der Waals surface area (Å²) in [6.07, 6.45) is 0. The first-order valence-corrected chi connectivity index (χ1v) is 7.44. The van der Waals surface area contributed by atoms with Crippen LogP contribution in [0.5, 0.6) is 0 Å². The third-order valence-corrected chi connectivity index (χ3v) is 3.74. The van der Waals surface area contributed by atoms with Crippen LogP contribution in [0, 0.1) is 5.41 Å². The molecule has 0 bridgehead atoms. The van der Waals surface area contributed by atoms with Crippen molar-refractivity contribution >= 4 is 40.0 Å². The summed E-state index contributed by atoms with van der Waals surface area (Å²) >= 11 is 2.79.